The van der Waals surface area contributed by atoms with Crippen molar-refractivity contribution in [2.45, 2.75) is 19.4 Å². The number of carbonyl (C=O) groups excluding carboxylic acids is 2. The zero-order valence-corrected chi connectivity index (χ0v) is 17.7. The van der Waals surface area contributed by atoms with Crippen LogP contribution in [0.1, 0.15) is 28.8 Å². The lowest BCUT2D eigenvalue weighted by atomic mass is 9.95. The van der Waals surface area contributed by atoms with E-state index in [2.05, 4.69) is 9.80 Å². The first-order chi connectivity index (χ1) is 15.0. The van der Waals surface area contributed by atoms with E-state index in [1.165, 1.54) is 6.07 Å². The molecule has 6 nitrogen and oxygen atoms in total. The molecular formula is C24H29FN4O2. The maximum absolute atomic E-state index is 13.5. The smallest absolute Gasteiger partial charge is 0.248 e. The number of carbonyl (C=O) groups is 2. The number of halogens is 1. The number of primary amides is 1. The Bertz CT molecular complexity index is 925. The number of nitrogens with two attached hydrogens (primary N) is 1. The van der Waals surface area contributed by atoms with Gasteiger partial charge in [0.25, 0.3) is 0 Å². The van der Waals surface area contributed by atoms with Crippen molar-refractivity contribution >= 4 is 17.5 Å². The number of amides is 2. The Balaban J connectivity index is 1.30. The molecule has 4 rings (SSSR count). The lowest BCUT2D eigenvalue weighted by molar-refractivity contribution is -0.137. The van der Waals surface area contributed by atoms with Crippen LogP contribution in [0.4, 0.5) is 10.1 Å². The monoisotopic (exact) mass is 424 g/mol. The number of nitrogens with zero attached hydrogens (tertiary/aromatic N) is 3. The van der Waals surface area contributed by atoms with E-state index in [9.17, 15) is 14.0 Å². The second-order valence-electron chi connectivity index (χ2n) is 8.43. The largest absolute Gasteiger partial charge is 0.368 e. The van der Waals surface area contributed by atoms with Gasteiger partial charge in [-0.3, -0.25) is 14.5 Å². The van der Waals surface area contributed by atoms with E-state index in [4.69, 9.17) is 5.73 Å². The summed E-state index contributed by atoms with van der Waals surface area (Å²) in [7, 11) is 0. The molecule has 31 heavy (non-hydrogen) atoms. The number of piperidine rings is 1. The van der Waals surface area contributed by atoms with Crippen molar-refractivity contribution in [1.82, 2.24) is 9.80 Å². The number of hydrogen-bond acceptors (Lipinski definition) is 4. The van der Waals surface area contributed by atoms with Gasteiger partial charge < -0.3 is 15.5 Å². The standard InChI is InChI=1S/C24H29FN4O2/c25-21-5-1-3-18(15-21)16-27-10-2-4-20(17-27)24(31)29-13-11-28(12-14-29)22-8-6-19(7-9-22)23(26)30/h1,3,5-9,15,20H,2,4,10-14,16-17H2,(H2,26,30). The van der Waals surface area contributed by atoms with Crippen molar-refractivity contribution in [2.24, 2.45) is 11.7 Å². The Hall–Kier alpha value is -2.93. The molecule has 0 aliphatic carbocycles. The lowest BCUT2D eigenvalue weighted by Gasteiger charge is -2.39. The first-order valence-corrected chi connectivity index (χ1v) is 10.9. The minimum atomic E-state index is -0.430. The van der Waals surface area contributed by atoms with Crippen molar-refractivity contribution in [3.63, 3.8) is 0 Å². The average molecular weight is 425 g/mol. The van der Waals surface area contributed by atoms with E-state index in [-0.39, 0.29) is 17.6 Å². The number of rotatable bonds is 5. The van der Waals surface area contributed by atoms with Gasteiger partial charge in [-0.15, -0.1) is 0 Å². The molecule has 7 heteroatoms. The van der Waals surface area contributed by atoms with Gasteiger partial charge in [-0.1, -0.05) is 12.1 Å². The number of anilines is 1. The van der Waals surface area contributed by atoms with Gasteiger partial charge in [-0.25, -0.2) is 4.39 Å². The summed E-state index contributed by atoms with van der Waals surface area (Å²) in [6.07, 6.45) is 1.89. The number of likely N-dealkylation sites (tertiary alicyclic amines) is 1. The van der Waals surface area contributed by atoms with Crippen LogP contribution in [-0.2, 0) is 11.3 Å². The topological polar surface area (TPSA) is 69.9 Å². The van der Waals surface area contributed by atoms with Gasteiger partial charge in [0, 0.05) is 50.5 Å². The lowest BCUT2D eigenvalue weighted by Crippen LogP contribution is -2.52. The molecule has 2 aliphatic heterocycles. The molecule has 2 fully saturated rings. The molecule has 2 amide bonds. The molecule has 2 heterocycles. The van der Waals surface area contributed by atoms with Gasteiger partial charge in [-0.2, -0.15) is 0 Å². The van der Waals surface area contributed by atoms with Gasteiger partial charge in [0.15, 0.2) is 0 Å². The Kier molecular flexibility index (Phi) is 6.51. The van der Waals surface area contributed by atoms with E-state index in [0.29, 0.717) is 25.2 Å². The predicted molar refractivity (Wildman–Crippen MR) is 118 cm³/mol. The molecule has 2 N–H and O–H groups in total. The van der Waals surface area contributed by atoms with Gasteiger partial charge in [0.05, 0.1) is 5.92 Å². The summed E-state index contributed by atoms with van der Waals surface area (Å²) in [4.78, 5) is 30.8. The van der Waals surface area contributed by atoms with Crippen LogP contribution in [0.15, 0.2) is 48.5 Å². The second kappa shape index (κ2) is 9.47. The van der Waals surface area contributed by atoms with Gasteiger partial charge in [0.1, 0.15) is 5.82 Å². The van der Waals surface area contributed by atoms with Gasteiger partial charge >= 0.3 is 0 Å². The maximum atomic E-state index is 13.5. The number of piperazine rings is 1. The zero-order chi connectivity index (χ0) is 21.8. The Morgan fingerprint density at radius 3 is 2.42 bits per heavy atom. The van der Waals surface area contributed by atoms with Crippen LogP contribution in [0.3, 0.4) is 0 Å². The van der Waals surface area contributed by atoms with E-state index in [0.717, 1.165) is 50.3 Å². The minimum absolute atomic E-state index is 0.00343. The molecule has 2 aromatic rings. The maximum Gasteiger partial charge on any atom is 0.248 e. The molecule has 164 valence electrons. The van der Waals surface area contributed by atoms with Crippen molar-refractivity contribution in [2.75, 3.05) is 44.2 Å². The SMILES string of the molecule is NC(=O)c1ccc(N2CCN(C(=O)C3CCCN(Cc4cccc(F)c4)C3)CC2)cc1. The quantitative estimate of drug-likeness (QED) is 0.801. The third kappa shape index (κ3) is 5.22. The molecule has 1 atom stereocenters. The molecule has 0 bridgehead atoms. The Labute approximate surface area is 182 Å². The van der Waals surface area contributed by atoms with Crippen LogP contribution in [0.5, 0.6) is 0 Å². The van der Waals surface area contributed by atoms with Crippen LogP contribution in [0.2, 0.25) is 0 Å². The highest BCUT2D eigenvalue weighted by atomic mass is 19.1. The summed E-state index contributed by atoms with van der Waals surface area (Å²) >= 11 is 0. The third-order valence-corrected chi connectivity index (χ3v) is 6.26. The van der Waals surface area contributed by atoms with Crippen LogP contribution in [-0.4, -0.2) is 60.9 Å². The van der Waals surface area contributed by atoms with Crippen molar-refractivity contribution in [3.8, 4) is 0 Å². The van der Waals surface area contributed by atoms with Crippen molar-refractivity contribution < 1.29 is 14.0 Å². The number of benzene rings is 2. The fourth-order valence-corrected chi connectivity index (χ4v) is 4.57. The molecule has 2 aromatic carbocycles. The molecule has 2 aliphatic rings. The van der Waals surface area contributed by atoms with Crippen molar-refractivity contribution in [1.29, 1.82) is 0 Å². The first-order valence-electron chi connectivity index (χ1n) is 10.9. The van der Waals surface area contributed by atoms with E-state index >= 15 is 0 Å². The molecule has 0 saturated carbocycles. The number of hydrogen-bond donors (Lipinski definition) is 1. The minimum Gasteiger partial charge on any atom is -0.368 e. The summed E-state index contributed by atoms with van der Waals surface area (Å²) in [6.45, 7) is 5.26. The van der Waals surface area contributed by atoms with Crippen LogP contribution in [0.25, 0.3) is 0 Å². The average Bonchev–Trinajstić information content (AvgIpc) is 2.79. The fraction of sp³-hybridized carbons (Fsp3) is 0.417. The Morgan fingerprint density at radius 1 is 1.00 bits per heavy atom. The highest BCUT2D eigenvalue weighted by Gasteiger charge is 2.31. The zero-order valence-electron chi connectivity index (χ0n) is 17.7. The summed E-state index contributed by atoms with van der Waals surface area (Å²) in [5.74, 6) is -0.415. The molecule has 0 radical (unpaired) electrons. The van der Waals surface area contributed by atoms with E-state index in [1.54, 1.807) is 24.3 Å². The van der Waals surface area contributed by atoms with Gasteiger partial charge in [0.2, 0.25) is 11.8 Å². The van der Waals surface area contributed by atoms with Crippen molar-refractivity contribution in [3.05, 3.63) is 65.5 Å². The highest BCUT2D eigenvalue weighted by Crippen LogP contribution is 2.23. The van der Waals surface area contributed by atoms with Crippen LogP contribution < -0.4 is 10.6 Å². The Morgan fingerprint density at radius 2 is 1.74 bits per heavy atom. The molecule has 2 saturated heterocycles. The van der Waals surface area contributed by atoms with E-state index in [1.807, 2.05) is 23.1 Å². The van der Waals surface area contributed by atoms with Crippen LogP contribution in [0, 0.1) is 11.7 Å². The predicted octanol–water partition coefficient (Wildman–Crippen LogP) is 2.49. The summed E-state index contributed by atoms with van der Waals surface area (Å²) < 4.78 is 13.5. The summed E-state index contributed by atoms with van der Waals surface area (Å²) in [6, 6.07) is 14.0. The second-order valence-corrected chi connectivity index (χ2v) is 8.43. The molecule has 0 spiro atoms. The fourth-order valence-electron chi connectivity index (χ4n) is 4.57. The van der Waals surface area contributed by atoms with Crippen LogP contribution >= 0.6 is 0 Å². The summed E-state index contributed by atoms with van der Waals surface area (Å²) in [5.41, 5.74) is 7.79. The molecule has 1 unspecified atom stereocenters. The van der Waals surface area contributed by atoms with Gasteiger partial charge in [-0.05, 0) is 61.3 Å². The summed E-state index contributed by atoms with van der Waals surface area (Å²) in [5, 5.41) is 0. The third-order valence-electron chi connectivity index (χ3n) is 6.26. The van der Waals surface area contributed by atoms with E-state index < -0.39 is 5.91 Å². The highest BCUT2D eigenvalue weighted by molar-refractivity contribution is 5.93. The molecular weight excluding hydrogens is 395 g/mol. The normalized spacial score (nSPS) is 20.0. The molecule has 0 aromatic heterocycles. The first kappa shape index (κ1) is 21.3.